The first kappa shape index (κ1) is 16.6. The number of aromatic nitrogens is 3. The van der Waals surface area contributed by atoms with Crippen LogP contribution in [0, 0.1) is 10.1 Å². The highest BCUT2D eigenvalue weighted by molar-refractivity contribution is 6.08. The molecule has 0 aliphatic rings. The van der Waals surface area contributed by atoms with Crippen molar-refractivity contribution in [3.63, 3.8) is 0 Å². The van der Waals surface area contributed by atoms with Gasteiger partial charge in [-0.25, -0.2) is 9.67 Å². The summed E-state index contributed by atoms with van der Waals surface area (Å²) >= 11 is 0. The molecule has 8 nitrogen and oxygen atoms in total. The molecule has 0 aliphatic heterocycles. The number of aryl methyl sites for hydroxylation is 1. The van der Waals surface area contributed by atoms with Crippen molar-refractivity contribution >= 4 is 39.3 Å². The molecule has 0 atom stereocenters. The first-order valence-corrected chi connectivity index (χ1v) is 8.39. The molecule has 0 aliphatic carbocycles. The topological polar surface area (TPSA) is 103 Å². The maximum absolute atomic E-state index is 12.5. The second kappa shape index (κ2) is 6.49. The van der Waals surface area contributed by atoms with Crippen LogP contribution in [0.25, 0.3) is 21.9 Å². The van der Waals surface area contributed by atoms with Crippen molar-refractivity contribution in [1.29, 1.82) is 0 Å². The summed E-state index contributed by atoms with van der Waals surface area (Å²) in [7, 11) is 0. The van der Waals surface area contributed by atoms with Crippen LogP contribution in [-0.4, -0.2) is 25.6 Å². The number of para-hydroxylation sites is 1. The lowest BCUT2D eigenvalue weighted by Gasteiger charge is -2.03. The standard InChI is InChI=1S/C19H15N5O3/c1-2-23-18-15(11-13-5-3-4-6-16(13)20-18)17(22-23)21-19(25)12-7-9-14(10-8-12)24(26)27/h3-11H,2H2,1H3,(H,21,22,25). The van der Waals surface area contributed by atoms with Crippen molar-refractivity contribution < 1.29 is 9.72 Å². The molecule has 134 valence electrons. The number of hydrogen-bond acceptors (Lipinski definition) is 5. The third-order valence-electron chi connectivity index (χ3n) is 4.30. The second-order valence-electron chi connectivity index (χ2n) is 5.97. The summed E-state index contributed by atoms with van der Waals surface area (Å²) in [4.78, 5) is 27.4. The van der Waals surface area contributed by atoms with Gasteiger partial charge in [-0.05, 0) is 31.2 Å². The van der Waals surface area contributed by atoms with E-state index in [2.05, 4.69) is 15.4 Å². The summed E-state index contributed by atoms with van der Waals surface area (Å²) in [6.07, 6.45) is 0. The van der Waals surface area contributed by atoms with Gasteiger partial charge in [0.15, 0.2) is 11.5 Å². The van der Waals surface area contributed by atoms with Crippen LogP contribution < -0.4 is 5.32 Å². The third kappa shape index (κ3) is 2.97. The molecule has 2 aromatic heterocycles. The normalized spacial score (nSPS) is 11.0. The fourth-order valence-corrected chi connectivity index (χ4v) is 2.93. The number of nitrogens with zero attached hydrogens (tertiary/aromatic N) is 4. The van der Waals surface area contributed by atoms with Gasteiger partial charge in [-0.3, -0.25) is 14.9 Å². The van der Waals surface area contributed by atoms with Crippen LogP contribution in [0.4, 0.5) is 11.5 Å². The minimum Gasteiger partial charge on any atom is -0.305 e. The zero-order valence-electron chi connectivity index (χ0n) is 14.4. The number of rotatable bonds is 4. The van der Waals surface area contributed by atoms with Gasteiger partial charge < -0.3 is 5.32 Å². The number of hydrogen-bond donors (Lipinski definition) is 1. The van der Waals surface area contributed by atoms with E-state index in [1.165, 1.54) is 24.3 Å². The van der Waals surface area contributed by atoms with E-state index in [4.69, 9.17) is 0 Å². The minimum atomic E-state index is -0.505. The molecule has 4 rings (SSSR count). The van der Waals surface area contributed by atoms with Crippen molar-refractivity contribution in [3.05, 3.63) is 70.3 Å². The van der Waals surface area contributed by atoms with Crippen LogP contribution in [-0.2, 0) is 6.54 Å². The van der Waals surface area contributed by atoms with Gasteiger partial charge in [0.1, 0.15) is 0 Å². The van der Waals surface area contributed by atoms with Gasteiger partial charge in [0.05, 0.1) is 15.8 Å². The molecule has 4 aromatic rings. The lowest BCUT2D eigenvalue weighted by molar-refractivity contribution is -0.384. The van der Waals surface area contributed by atoms with Crippen molar-refractivity contribution in [2.45, 2.75) is 13.5 Å². The van der Waals surface area contributed by atoms with Gasteiger partial charge in [-0.1, -0.05) is 18.2 Å². The Balaban J connectivity index is 1.73. The molecule has 0 bridgehead atoms. The fourth-order valence-electron chi connectivity index (χ4n) is 2.93. The number of fused-ring (bicyclic) bond motifs is 2. The maximum atomic E-state index is 12.5. The molecule has 0 radical (unpaired) electrons. The highest BCUT2D eigenvalue weighted by atomic mass is 16.6. The number of nitro groups is 1. The predicted molar refractivity (Wildman–Crippen MR) is 102 cm³/mol. The van der Waals surface area contributed by atoms with E-state index < -0.39 is 4.92 Å². The quantitative estimate of drug-likeness (QED) is 0.440. The summed E-state index contributed by atoms with van der Waals surface area (Å²) < 4.78 is 1.73. The van der Waals surface area contributed by atoms with Crippen molar-refractivity contribution in [2.75, 3.05) is 5.32 Å². The molecule has 0 unspecified atom stereocenters. The van der Waals surface area contributed by atoms with Gasteiger partial charge in [0, 0.05) is 29.6 Å². The number of benzene rings is 2. The van der Waals surface area contributed by atoms with Gasteiger partial charge in [-0.15, -0.1) is 0 Å². The summed E-state index contributed by atoms with van der Waals surface area (Å²) in [5.74, 6) is 0.0224. The van der Waals surface area contributed by atoms with E-state index in [-0.39, 0.29) is 11.6 Å². The molecular weight excluding hydrogens is 346 g/mol. The summed E-state index contributed by atoms with van der Waals surface area (Å²) in [6, 6.07) is 15.1. The lowest BCUT2D eigenvalue weighted by Crippen LogP contribution is -2.12. The van der Waals surface area contributed by atoms with Crippen LogP contribution >= 0.6 is 0 Å². The molecule has 0 saturated heterocycles. The van der Waals surface area contributed by atoms with Crippen LogP contribution in [0.3, 0.4) is 0 Å². The number of pyridine rings is 1. The van der Waals surface area contributed by atoms with E-state index in [0.29, 0.717) is 23.6 Å². The molecule has 0 spiro atoms. The molecule has 2 aromatic carbocycles. The van der Waals surface area contributed by atoms with Crippen LogP contribution in [0.15, 0.2) is 54.6 Å². The predicted octanol–water partition coefficient (Wildman–Crippen LogP) is 3.76. The zero-order chi connectivity index (χ0) is 19.0. The van der Waals surface area contributed by atoms with Gasteiger partial charge in [-0.2, -0.15) is 5.10 Å². The van der Waals surface area contributed by atoms with Crippen LogP contribution in [0.2, 0.25) is 0 Å². The Kier molecular flexibility index (Phi) is 4.00. The van der Waals surface area contributed by atoms with E-state index >= 15 is 0 Å². The smallest absolute Gasteiger partial charge is 0.269 e. The Morgan fingerprint density at radius 3 is 2.63 bits per heavy atom. The number of nitrogens with one attached hydrogen (secondary N) is 1. The van der Waals surface area contributed by atoms with Crippen molar-refractivity contribution in [2.24, 2.45) is 0 Å². The summed E-state index contributed by atoms with van der Waals surface area (Å²) in [5.41, 5.74) is 1.79. The second-order valence-corrected chi connectivity index (χ2v) is 5.97. The average molecular weight is 361 g/mol. The average Bonchev–Trinajstić information content (AvgIpc) is 3.02. The maximum Gasteiger partial charge on any atom is 0.269 e. The van der Waals surface area contributed by atoms with Crippen molar-refractivity contribution in [3.8, 4) is 0 Å². The number of carbonyl (C=O) groups is 1. The number of non-ortho nitro benzene ring substituents is 1. The Bertz CT molecular complexity index is 1180. The van der Waals surface area contributed by atoms with E-state index in [0.717, 1.165) is 16.3 Å². The highest BCUT2D eigenvalue weighted by Gasteiger charge is 2.16. The van der Waals surface area contributed by atoms with Crippen LogP contribution in [0.1, 0.15) is 17.3 Å². The Morgan fingerprint density at radius 2 is 1.93 bits per heavy atom. The fraction of sp³-hybridized carbons (Fsp3) is 0.105. The van der Waals surface area contributed by atoms with Gasteiger partial charge >= 0.3 is 0 Å². The third-order valence-corrected chi connectivity index (χ3v) is 4.30. The highest BCUT2D eigenvalue weighted by Crippen LogP contribution is 2.26. The van der Waals surface area contributed by atoms with E-state index in [1.807, 2.05) is 37.3 Å². The minimum absolute atomic E-state index is 0.0667. The monoisotopic (exact) mass is 361 g/mol. The molecule has 27 heavy (non-hydrogen) atoms. The van der Waals surface area contributed by atoms with Gasteiger partial charge in [0.25, 0.3) is 11.6 Å². The number of amides is 1. The molecule has 0 fully saturated rings. The lowest BCUT2D eigenvalue weighted by atomic mass is 10.1. The molecule has 0 saturated carbocycles. The van der Waals surface area contributed by atoms with Crippen molar-refractivity contribution in [1.82, 2.24) is 14.8 Å². The first-order valence-electron chi connectivity index (χ1n) is 8.39. The largest absolute Gasteiger partial charge is 0.305 e. The Hall–Kier alpha value is -3.81. The van der Waals surface area contributed by atoms with Gasteiger partial charge in [0.2, 0.25) is 0 Å². The first-order chi connectivity index (χ1) is 13.1. The number of nitro benzene ring substituents is 1. The molecule has 2 heterocycles. The SMILES string of the molecule is CCn1nc(NC(=O)c2ccc([N+](=O)[O-])cc2)c2cc3ccccc3nc21. The molecule has 1 amide bonds. The molecular formula is C19H15N5O3. The Labute approximate surface area is 153 Å². The Morgan fingerprint density at radius 1 is 1.19 bits per heavy atom. The molecule has 1 N–H and O–H groups in total. The summed E-state index contributed by atoms with van der Waals surface area (Å²) in [5, 5.41) is 19.7. The van der Waals surface area contributed by atoms with Crippen LogP contribution in [0.5, 0.6) is 0 Å². The van der Waals surface area contributed by atoms with E-state index in [9.17, 15) is 14.9 Å². The molecule has 8 heteroatoms. The zero-order valence-corrected chi connectivity index (χ0v) is 14.4. The number of anilines is 1. The van der Waals surface area contributed by atoms with E-state index in [1.54, 1.807) is 4.68 Å². The summed E-state index contributed by atoms with van der Waals surface area (Å²) in [6.45, 7) is 2.56. The number of carbonyl (C=O) groups excluding carboxylic acids is 1.